The van der Waals surface area contributed by atoms with Crippen LogP contribution in [-0.2, 0) is 4.79 Å². The third-order valence-electron chi connectivity index (χ3n) is 2.46. The average Bonchev–Trinajstić information content (AvgIpc) is 2.37. The van der Waals surface area contributed by atoms with E-state index in [1.165, 1.54) is 0 Å². The zero-order valence-electron chi connectivity index (χ0n) is 10.6. The van der Waals surface area contributed by atoms with Crippen molar-refractivity contribution >= 4 is 12.0 Å². The van der Waals surface area contributed by atoms with E-state index in [2.05, 4.69) is 16.6 Å². The van der Waals surface area contributed by atoms with Gasteiger partial charge in [0.2, 0.25) is 0 Å². The topological polar surface area (TPSA) is 78.4 Å². The summed E-state index contributed by atoms with van der Waals surface area (Å²) in [4.78, 5) is 22.8. The molecule has 1 rings (SSSR count). The standard InChI is InChI=1S/C14H16N2O3/c1-3-7-10(2)15-14(19)16-12(13(17)18)11-8-5-4-6-9-11/h1,4-6,8-10,12H,7H2,2H3,(H,17,18)(H2,15,16,19)/t10?,12-/m1/s1. The molecule has 3 N–H and O–H groups in total. The highest BCUT2D eigenvalue weighted by atomic mass is 16.4. The number of carboxylic acids is 1. The number of benzene rings is 1. The monoisotopic (exact) mass is 260 g/mol. The van der Waals surface area contributed by atoms with Gasteiger partial charge in [0.1, 0.15) is 0 Å². The van der Waals surface area contributed by atoms with Gasteiger partial charge in [-0.25, -0.2) is 9.59 Å². The highest BCUT2D eigenvalue weighted by molar-refractivity contribution is 5.83. The quantitative estimate of drug-likeness (QED) is 0.702. The lowest BCUT2D eigenvalue weighted by Gasteiger charge is -2.17. The van der Waals surface area contributed by atoms with Gasteiger partial charge in [0, 0.05) is 12.5 Å². The lowest BCUT2D eigenvalue weighted by molar-refractivity contribution is -0.139. The maximum atomic E-state index is 11.7. The largest absolute Gasteiger partial charge is 0.479 e. The highest BCUT2D eigenvalue weighted by Crippen LogP contribution is 2.12. The van der Waals surface area contributed by atoms with Crippen LogP contribution in [0.4, 0.5) is 4.79 Å². The van der Waals surface area contributed by atoms with Crippen molar-refractivity contribution < 1.29 is 14.7 Å². The van der Waals surface area contributed by atoms with Gasteiger partial charge >= 0.3 is 12.0 Å². The van der Waals surface area contributed by atoms with Gasteiger partial charge in [-0.15, -0.1) is 12.3 Å². The van der Waals surface area contributed by atoms with E-state index in [1.807, 2.05) is 0 Å². The fourth-order valence-corrected chi connectivity index (χ4v) is 1.56. The molecule has 1 aromatic rings. The van der Waals surface area contributed by atoms with Crippen LogP contribution in [0.2, 0.25) is 0 Å². The number of carbonyl (C=O) groups is 2. The molecule has 0 spiro atoms. The second kappa shape index (κ2) is 7.07. The highest BCUT2D eigenvalue weighted by Gasteiger charge is 2.22. The Balaban J connectivity index is 2.68. The first kappa shape index (κ1) is 14.6. The number of urea groups is 1. The number of hydrogen-bond acceptors (Lipinski definition) is 2. The van der Waals surface area contributed by atoms with E-state index < -0.39 is 18.0 Å². The van der Waals surface area contributed by atoms with Gasteiger partial charge in [-0.05, 0) is 12.5 Å². The lowest BCUT2D eigenvalue weighted by atomic mass is 10.1. The Morgan fingerprint density at radius 1 is 1.32 bits per heavy atom. The molecule has 1 aromatic carbocycles. The number of nitrogens with one attached hydrogen (secondary N) is 2. The van der Waals surface area contributed by atoms with E-state index in [9.17, 15) is 9.59 Å². The average molecular weight is 260 g/mol. The maximum Gasteiger partial charge on any atom is 0.330 e. The van der Waals surface area contributed by atoms with E-state index in [0.29, 0.717) is 12.0 Å². The van der Waals surface area contributed by atoms with Crippen LogP contribution in [0.5, 0.6) is 0 Å². The van der Waals surface area contributed by atoms with Gasteiger partial charge < -0.3 is 15.7 Å². The molecule has 2 amide bonds. The van der Waals surface area contributed by atoms with E-state index in [4.69, 9.17) is 11.5 Å². The first-order valence-electron chi connectivity index (χ1n) is 5.83. The fourth-order valence-electron chi connectivity index (χ4n) is 1.56. The van der Waals surface area contributed by atoms with Crippen LogP contribution in [0.25, 0.3) is 0 Å². The zero-order chi connectivity index (χ0) is 14.3. The minimum absolute atomic E-state index is 0.213. The Morgan fingerprint density at radius 2 is 1.95 bits per heavy atom. The van der Waals surface area contributed by atoms with Crippen LogP contribution in [0.15, 0.2) is 30.3 Å². The first-order chi connectivity index (χ1) is 9.04. The molecule has 2 atom stereocenters. The van der Waals surface area contributed by atoms with Gasteiger partial charge in [-0.3, -0.25) is 0 Å². The molecule has 0 heterocycles. The van der Waals surface area contributed by atoms with Crippen molar-refractivity contribution in [3.8, 4) is 12.3 Å². The van der Waals surface area contributed by atoms with Crippen LogP contribution in [0.3, 0.4) is 0 Å². The first-order valence-corrected chi connectivity index (χ1v) is 5.83. The van der Waals surface area contributed by atoms with Gasteiger partial charge in [-0.2, -0.15) is 0 Å². The molecule has 0 saturated heterocycles. The summed E-state index contributed by atoms with van der Waals surface area (Å²) in [6.45, 7) is 1.75. The van der Waals surface area contributed by atoms with E-state index in [1.54, 1.807) is 37.3 Å². The van der Waals surface area contributed by atoms with Gasteiger partial charge in [0.25, 0.3) is 0 Å². The SMILES string of the molecule is C#CCC(C)NC(=O)N[C@@H](C(=O)O)c1ccccc1. The van der Waals surface area contributed by atoms with Crippen LogP contribution in [0.1, 0.15) is 24.9 Å². The van der Waals surface area contributed by atoms with Gasteiger partial charge in [0.15, 0.2) is 6.04 Å². The maximum absolute atomic E-state index is 11.7. The smallest absolute Gasteiger partial charge is 0.330 e. The summed E-state index contributed by atoms with van der Waals surface area (Å²) in [6, 6.07) is 6.64. The van der Waals surface area contributed by atoms with Gasteiger partial charge in [-0.1, -0.05) is 30.3 Å². The number of rotatable bonds is 5. The van der Waals surface area contributed by atoms with Crippen molar-refractivity contribution in [2.45, 2.75) is 25.4 Å². The molecule has 19 heavy (non-hydrogen) atoms. The number of carboxylic acid groups (broad SMARTS) is 1. The summed E-state index contributed by atoms with van der Waals surface area (Å²) < 4.78 is 0. The van der Waals surface area contributed by atoms with Crippen LogP contribution < -0.4 is 10.6 Å². The van der Waals surface area contributed by atoms with Crippen LogP contribution in [-0.4, -0.2) is 23.1 Å². The Labute approximate surface area is 112 Å². The summed E-state index contributed by atoms with van der Waals surface area (Å²) in [7, 11) is 0. The second-order valence-electron chi connectivity index (χ2n) is 4.11. The van der Waals surface area contributed by atoms with Crippen molar-refractivity contribution in [3.63, 3.8) is 0 Å². The number of hydrogen-bond donors (Lipinski definition) is 3. The molecule has 0 saturated carbocycles. The third kappa shape index (κ3) is 4.72. The van der Waals surface area contributed by atoms with E-state index >= 15 is 0 Å². The Hall–Kier alpha value is -2.48. The van der Waals surface area contributed by atoms with Crippen LogP contribution in [0, 0.1) is 12.3 Å². The summed E-state index contributed by atoms with van der Waals surface area (Å²) >= 11 is 0. The predicted molar refractivity (Wildman–Crippen MR) is 71.4 cm³/mol. The number of terminal acetylenes is 1. The van der Waals surface area contributed by atoms with E-state index in [-0.39, 0.29) is 6.04 Å². The summed E-state index contributed by atoms with van der Waals surface area (Å²) in [5.74, 6) is 1.30. The third-order valence-corrected chi connectivity index (χ3v) is 2.46. The normalized spacial score (nSPS) is 12.8. The van der Waals surface area contributed by atoms with Crippen molar-refractivity contribution in [3.05, 3.63) is 35.9 Å². The molecule has 0 fully saturated rings. The summed E-state index contributed by atoms with van der Waals surface area (Å²) in [6.07, 6.45) is 5.52. The minimum atomic E-state index is -1.12. The van der Waals surface area contributed by atoms with Crippen molar-refractivity contribution in [2.75, 3.05) is 0 Å². The molecule has 0 bridgehead atoms. The number of carbonyl (C=O) groups excluding carboxylic acids is 1. The fraction of sp³-hybridized carbons (Fsp3) is 0.286. The molecular formula is C14H16N2O3. The van der Waals surface area contributed by atoms with Crippen LogP contribution >= 0.6 is 0 Å². The summed E-state index contributed by atoms with van der Waals surface area (Å²) in [5, 5.41) is 14.1. The predicted octanol–water partition coefficient (Wildman–Crippen LogP) is 1.52. The lowest BCUT2D eigenvalue weighted by Crippen LogP contribution is -2.44. The van der Waals surface area contributed by atoms with Crippen molar-refractivity contribution in [2.24, 2.45) is 0 Å². The Kier molecular flexibility index (Phi) is 5.42. The molecule has 1 unspecified atom stereocenters. The molecule has 0 radical (unpaired) electrons. The van der Waals surface area contributed by atoms with Gasteiger partial charge in [0.05, 0.1) is 0 Å². The summed E-state index contributed by atoms with van der Waals surface area (Å²) in [5.41, 5.74) is 0.509. The molecule has 0 aliphatic carbocycles. The number of aliphatic carboxylic acids is 1. The molecule has 5 nitrogen and oxygen atoms in total. The van der Waals surface area contributed by atoms with E-state index in [0.717, 1.165) is 0 Å². The molecule has 0 aromatic heterocycles. The Morgan fingerprint density at radius 3 is 2.47 bits per heavy atom. The second-order valence-corrected chi connectivity index (χ2v) is 4.11. The minimum Gasteiger partial charge on any atom is -0.479 e. The molecule has 5 heteroatoms. The molecule has 100 valence electrons. The van der Waals surface area contributed by atoms with Crippen molar-refractivity contribution in [1.29, 1.82) is 0 Å². The Bertz CT molecular complexity index is 479. The molecular weight excluding hydrogens is 244 g/mol. The van der Waals surface area contributed by atoms with Crippen molar-refractivity contribution in [1.82, 2.24) is 10.6 Å². The molecule has 0 aliphatic heterocycles. The number of amides is 2. The molecule has 0 aliphatic rings. The zero-order valence-corrected chi connectivity index (χ0v) is 10.6.